The van der Waals surface area contributed by atoms with Gasteiger partial charge in [0.05, 0.1) is 23.1 Å². The van der Waals surface area contributed by atoms with Crippen LogP contribution in [0, 0.1) is 29.9 Å². The van der Waals surface area contributed by atoms with Gasteiger partial charge in [0.2, 0.25) is 0 Å². The number of piperazine rings is 1. The zero-order chi connectivity index (χ0) is 31.6. The molecular formula is C36H36F2N6O2. The predicted molar refractivity (Wildman–Crippen MR) is 174 cm³/mol. The average molecular weight is 623 g/mol. The standard InChI is InChI=1S/C36H36F2N6O2/c1-4-26-29(37)11-8-23-6-5-7-27(30(23)26)32-31(38)33-28(14-39-32)34(43-17-24-9-10-25(18-43)40-24)42-35(41-33)46-20-36-12-21(2)15-44(36)16-22(13-36)19-45-3/h1,5-8,11,14,22,24-25,40H,2,9-10,12-13,15-20H2,3H3/t22-,24-,25+,36+/m0/s1. The highest BCUT2D eigenvalue weighted by Gasteiger charge is 2.50. The molecule has 6 heterocycles. The van der Waals surface area contributed by atoms with Crippen molar-refractivity contribution in [2.45, 2.75) is 43.3 Å². The van der Waals surface area contributed by atoms with E-state index >= 15 is 4.39 Å². The number of aromatic nitrogens is 3. The summed E-state index contributed by atoms with van der Waals surface area (Å²) in [7, 11) is 1.73. The number of nitrogens with one attached hydrogen (secondary N) is 1. The fraction of sp³-hybridized carbons (Fsp3) is 0.417. The van der Waals surface area contributed by atoms with Crippen LogP contribution >= 0.6 is 0 Å². The Kier molecular flexibility index (Phi) is 7.16. The number of halogens is 2. The van der Waals surface area contributed by atoms with E-state index in [-0.39, 0.29) is 28.3 Å². The van der Waals surface area contributed by atoms with Gasteiger partial charge in [0.25, 0.3) is 0 Å². The Morgan fingerprint density at radius 2 is 1.96 bits per heavy atom. The summed E-state index contributed by atoms with van der Waals surface area (Å²) in [6.07, 6.45) is 11.3. The van der Waals surface area contributed by atoms with Crippen molar-refractivity contribution >= 4 is 27.5 Å². The third-order valence-electron chi connectivity index (χ3n) is 10.2. The molecule has 4 atom stereocenters. The molecule has 4 fully saturated rings. The molecule has 8 rings (SSSR count). The van der Waals surface area contributed by atoms with Crippen LogP contribution in [-0.4, -0.2) is 84.0 Å². The lowest BCUT2D eigenvalue weighted by Crippen LogP contribution is -2.51. The van der Waals surface area contributed by atoms with Gasteiger partial charge < -0.3 is 19.7 Å². The number of ether oxygens (including phenoxy) is 2. The summed E-state index contributed by atoms with van der Waals surface area (Å²) in [5.41, 5.74) is 1.58. The average Bonchev–Trinajstić information content (AvgIpc) is 3.67. The fourth-order valence-corrected chi connectivity index (χ4v) is 8.37. The number of anilines is 1. The largest absolute Gasteiger partial charge is 0.461 e. The van der Waals surface area contributed by atoms with Crippen LogP contribution < -0.4 is 15.0 Å². The maximum Gasteiger partial charge on any atom is 0.319 e. The minimum atomic E-state index is -0.626. The van der Waals surface area contributed by atoms with Gasteiger partial charge in [-0.1, -0.05) is 42.3 Å². The molecule has 4 aliphatic rings. The van der Waals surface area contributed by atoms with E-state index in [4.69, 9.17) is 20.9 Å². The number of hydrogen-bond acceptors (Lipinski definition) is 8. The number of terminal acetylenes is 1. The van der Waals surface area contributed by atoms with Crippen molar-refractivity contribution < 1.29 is 18.3 Å². The summed E-state index contributed by atoms with van der Waals surface area (Å²) in [5.74, 6) is 2.29. The minimum absolute atomic E-state index is 0.0474. The number of methoxy groups -OCH3 is 1. The number of nitrogens with zero attached hydrogens (tertiary/aromatic N) is 5. The molecule has 236 valence electrons. The van der Waals surface area contributed by atoms with Crippen LogP contribution in [0.3, 0.4) is 0 Å². The van der Waals surface area contributed by atoms with Crippen molar-refractivity contribution in [3.63, 3.8) is 0 Å². The molecule has 10 heteroatoms. The van der Waals surface area contributed by atoms with Gasteiger partial charge in [-0.05, 0) is 43.1 Å². The van der Waals surface area contributed by atoms with Crippen molar-refractivity contribution in [1.82, 2.24) is 25.2 Å². The lowest BCUT2D eigenvalue weighted by atomic mass is 9.90. The number of pyridine rings is 1. The highest BCUT2D eigenvalue weighted by Crippen LogP contribution is 2.44. The molecular weight excluding hydrogens is 586 g/mol. The molecule has 0 saturated carbocycles. The predicted octanol–water partition coefficient (Wildman–Crippen LogP) is 5.09. The van der Waals surface area contributed by atoms with Crippen LogP contribution in [-0.2, 0) is 4.74 Å². The van der Waals surface area contributed by atoms with Crippen LogP contribution in [0.15, 0.2) is 48.7 Å². The van der Waals surface area contributed by atoms with Gasteiger partial charge in [0.1, 0.15) is 29.5 Å². The van der Waals surface area contributed by atoms with E-state index in [0.29, 0.717) is 58.8 Å². The summed E-state index contributed by atoms with van der Waals surface area (Å²) in [6.45, 7) is 8.55. The summed E-state index contributed by atoms with van der Waals surface area (Å²) in [4.78, 5) is 18.8. The Labute approximate surface area is 266 Å². The van der Waals surface area contributed by atoms with E-state index in [1.165, 1.54) is 11.6 Å². The van der Waals surface area contributed by atoms with E-state index in [2.05, 4.69) is 37.6 Å². The van der Waals surface area contributed by atoms with E-state index in [0.717, 1.165) is 51.9 Å². The van der Waals surface area contributed by atoms with Crippen LogP contribution in [0.1, 0.15) is 31.2 Å². The van der Waals surface area contributed by atoms with Crippen molar-refractivity contribution in [2.24, 2.45) is 5.92 Å². The molecule has 4 saturated heterocycles. The molecule has 0 spiro atoms. The van der Waals surface area contributed by atoms with Crippen LogP contribution in [0.25, 0.3) is 32.9 Å². The van der Waals surface area contributed by atoms with Crippen LogP contribution in [0.2, 0.25) is 0 Å². The Morgan fingerprint density at radius 3 is 2.74 bits per heavy atom. The highest BCUT2D eigenvalue weighted by atomic mass is 19.1. The number of rotatable bonds is 7. The first-order valence-electron chi connectivity index (χ1n) is 15.9. The molecule has 0 aliphatic carbocycles. The second-order valence-electron chi connectivity index (χ2n) is 13.4. The SMILES string of the molecule is C#Cc1c(F)ccc2cccc(-c3ncc4c(N5C[C@H]6CC[C@@H](C5)N6)nc(OC[C@]56CC(=C)CN5C[C@@H](COC)C6)nc4c3F)c12. The van der Waals surface area contributed by atoms with Crippen LogP contribution in [0.4, 0.5) is 14.6 Å². The zero-order valence-corrected chi connectivity index (χ0v) is 25.9. The summed E-state index contributed by atoms with van der Waals surface area (Å²) < 4.78 is 43.6. The first-order chi connectivity index (χ1) is 22.4. The van der Waals surface area contributed by atoms with Crippen molar-refractivity contribution in [1.29, 1.82) is 0 Å². The fourth-order valence-electron chi connectivity index (χ4n) is 8.37. The second kappa shape index (κ2) is 11.3. The van der Waals surface area contributed by atoms with Crippen molar-refractivity contribution in [2.75, 3.05) is 51.4 Å². The molecule has 2 bridgehead atoms. The Hall–Kier alpha value is -4.17. The van der Waals surface area contributed by atoms with E-state index < -0.39 is 11.6 Å². The van der Waals surface area contributed by atoms with Gasteiger partial charge in [-0.3, -0.25) is 9.88 Å². The quantitative estimate of drug-likeness (QED) is 0.226. The maximum absolute atomic E-state index is 16.8. The van der Waals surface area contributed by atoms with E-state index in [9.17, 15) is 4.39 Å². The van der Waals surface area contributed by atoms with E-state index in [1.54, 1.807) is 31.5 Å². The maximum atomic E-state index is 16.8. The Morgan fingerprint density at radius 1 is 1.13 bits per heavy atom. The molecule has 0 unspecified atom stereocenters. The molecule has 2 aromatic heterocycles. The van der Waals surface area contributed by atoms with Gasteiger partial charge in [0, 0.05) is 62.5 Å². The molecule has 2 aromatic carbocycles. The Bertz CT molecular complexity index is 1910. The van der Waals surface area contributed by atoms with Gasteiger partial charge in [-0.25, -0.2) is 8.78 Å². The van der Waals surface area contributed by atoms with Crippen molar-refractivity contribution in [3.05, 3.63) is 65.9 Å². The van der Waals surface area contributed by atoms with Crippen molar-refractivity contribution in [3.8, 4) is 29.6 Å². The Balaban J connectivity index is 1.24. The summed E-state index contributed by atoms with van der Waals surface area (Å²) >= 11 is 0. The van der Waals surface area contributed by atoms with Gasteiger partial charge in [-0.15, -0.1) is 6.42 Å². The number of benzene rings is 2. The lowest BCUT2D eigenvalue weighted by Gasteiger charge is -2.34. The highest BCUT2D eigenvalue weighted by molar-refractivity contribution is 6.02. The first kappa shape index (κ1) is 29.2. The lowest BCUT2D eigenvalue weighted by molar-refractivity contribution is 0.107. The van der Waals surface area contributed by atoms with Gasteiger partial charge in [-0.2, -0.15) is 9.97 Å². The number of hydrogen-bond donors (Lipinski definition) is 1. The molecule has 8 nitrogen and oxygen atoms in total. The number of fused-ring (bicyclic) bond motifs is 5. The second-order valence-corrected chi connectivity index (χ2v) is 13.4. The topological polar surface area (TPSA) is 75.6 Å². The molecule has 0 radical (unpaired) electrons. The minimum Gasteiger partial charge on any atom is -0.461 e. The smallest absolute Gasteiger partial charge is 0.319 e. The third kappa shape index (κ3) is 4.80. The summed E-state index contributed by atoms with van der Waals surface area (Å²) in [6, 6.07) is 9.10. The first-order valence-corrected chi connectivity index (χ1v) is 15.9. The zero-order valence-electron chi connectivity index (χ0n) is 25.9. The molecule has 1 N–H and O–H groups in total. The van der Waals surface area contributed by atoms with Gasteiger partial charge in [0.15, 0.2) is 5.82 Å². The molecule has 46 heavy (non-hydrogen) atoms. The van der Waals surface area contributed by atoms with Gasteiger partial charge >= 0.3 is 6.01 Å². The third-order valence-corrected chi connectivity index (χ3v) is 10.2. The van der Waals surface area contributed by atoms with Crippen LogP contribution in [0.5, 0.6) is 6.01 Å². The summed E-state index contributed by atoms with van der Waals surface area (Å²) in [5, 5.41) is 5.30. The molecule has 4 aliphatic heterocycles. The molecule has 0 amide bonds. The van der Waals surface area contributed by atoms with E-state index in [1.807, 2.05) is 6.07 Å². The monoisotopic (exact) mass is 622 g/mol. The normalized spacial score (nSPS) is 25.8. The molecule has 4 aromatic rings.